The molecule has 4 rings (SSSR count). The Bertz CT molecular complexity index is 1070. The molecule has 0 aliphatic heterocycles. The second-order valence-electron chi connectivity index (χ2n) is 6.20. The van der Waals surface area contributed by atoms with Gasteiger partial charge in [-0.1, -0.05) is 42.5 Å². The summed E-state index contributed by atoms with van der Waals surface area (Å²) >= 11 is 0. The molecule has 0 radical (unpaired) electrons. The van der Waals surface area contributed by atoms with Gasteiger partial charge < -0.3 is 10.4 Å². The van der Waals surface area contributed by atoms with E-state index in [0.717, 1.165) is 5.56 Å². The molecule has 1 heterocycles. The SMILES string of the molecule is O=C(NCc1ccnc(C2=C(O)c3ccccc3C2=O)c1)c1ccccc1. The van der Waals surface area contributed by atoms with Gasteiger partial charge in [0.25, 0.3) is 5.91 Å². The summed E-state index contributed by atoms with van der Waals surface area (Å²) in [6, 6.07) is 19.3. The number of hydrogen-bond donors (Lipinski definition) is 2. The third-order valence-corrected chi connectivity index (χ3v) is 4.46. The highest BCUT2D eigenvalue weighted by atomic mass is 16.3. The summed E-state index contributed by atoms with van der Waals surface area (Å²) in [4.78, 5) is 29.1. The molecule has 3 aromatic rings. The van der Waals surface area contributed by atoms with Crippen LogP contribution in [0.3, 0.4) is 0 Å². The van der Waals surface area contributed by atoms with Crippen molar-refractivity contribution >= 4 is 23.0 Å². The summed E-state index contributed by atoms with van der Waals surface area (Å²) in [5.41, 5.74) is 2.92. The van der Waals surface area contributed by atoms with Gasteiger partial charge in [0.1, 0.15) is 5.76 Å². The van der Waals surface area contributed by atoms with E-state index in [1.807, 2.05) is 6.07 Å². The first-order valence-electron chi connectivity index (χ1n) is 8.51. The number of fused-ring (bicyclic) bond motifs is 1. The maximum absolute atomic E-state index is 12.6. The van der Waals surface area contributed by atoms with Crippen LogP contribution in [0.1, 0.15) is 37.5 Å². The highest BCUT2D eigenvalue weighted by Gasteiger charge is 2.31. The average Bonchev–Trinajstić information content (AvgIpc) is 2.98. The number of hydrogen-bond acceptors (Lipinski definition) is 4. The number of carbonyl (C=O) groups excluding carboxylic acids is 2. The molecule has 5 nitrogen and oxygen atoms in total. The predicted octanol–water partition coefficient (Wildman–Crippen LogP) is 3.63. The van der Waals surface area contributed by atoms with Crippen molar-refractivity contribution in [2.45, 2.75) is 6.54 Å². The standard InChI is InChI=1S/C22H16N2O3/c25-20-16-8-4-5-9-17(16)21(26)19(20)18-12-14(10-11-23-18)13-24-22(27)15-6-2-1-3-7-15/h1-12,25H,13H2,(H,24,27). The lowest BCUT2D eigenvalue weighted by atomic mass is 10.1. The van der Waals surface area contributed by atoms with Crippen LogP contribution in [0.5, 0.6) is 0 Å². The van der Waals surface area contributed by atoms with Gasteiger partial charge in [-0.05, 0) is 29.8 Å². The maximum Gasteiger partial charge on any atom is 0.251 e. The number of benzene rings is 2. The lowest BCUT2D eigenvalue weighted by Crippen LogP contribution is -2.22. The number of rotatable bonds is 4. The topological polar surface area (TPSA) is 79.3 Å². The number of amides is 1. The normalized spacial score (nSPS) is 12.8. The van der Waals surface area contributed by atoms with Gasteiger partial charge in [0.05, 0.1) is 11.3 Å². The Hall–Kier alpha value is -3.73. The van der Waals surface area contributed by atoms with E-state index in [1.54, 1.807) is 66.9 Å². The Morgan fingerprint density at radius 2 is 1.67 bits per heavy atom. The first kappa shape index (κ1) is 16.7. The second kappa shape index (κ2) is 6.88. The minimum Gasteiger partial charge on any atom is -0.506 e. The fourth-order valence-electron chi connectivity index (χ4n) is 3.10. The molecule has 0 spiro atoms. The monoisotopic (exact) mass is 356 g/mol. The molecule has 1 aliphatic carbocycles. The van der Waals surface area contributed by atoms with Crippen molar-refractivity contribution in [1.82, 2.24) is 10.3 Å². The highest BCUT2D eigenvalue weighted by molar-refractivity contribution is 6.38. The zero-order valence-corrected chi connectivity index (χ0v) is 14.3. The van der Waals surface area contributed by atoms with Crippen LogP contribution in [-0.4, -0.2) is 21.8 Å². The molecular weight excluding hydrogens is 340 g/mol. The van der Waals surface area contributed by atoms with Gasteiger partial charge in [0.2, 0.25) is 0 Å². The molecule has 0 unspecified atom stereocenters. The van der Waals surface area contributed by atoms with Crippen LogP contribution in [0.25, 0.3) is 11.3 Å². The van der Waals surface area contributed by atoms with E-state index in [0.29, 0.717) is 28.9 Å². The van der Waals surface area contributed by atoms with Gasteiger partial charge in [0, 0.05) is 29.4 Å². The van der Waals surface area contributed by atoms with Crippen LogP contribution in [0.4, 0.5) is 0 Å². The summed E-state index contributed by atoms with van der Waals surface area (Å²) in [5.74, 6) is -0.491. The Labute approximate surface area is 156 Å². The summed E-state index contributed by atoms with van der Waals surface area (Å²) in [6.07, 6.45) is 1.57. The lowest BCUT2D eigenvalue weighted by Gasteiger charge is -2.07. The van der Waals surface area contributed by atoms with E-state index in [4.69, 9.17) is 0 Å². The van der Waals surface area contributed by atoms with Gasteiger partial charge in [0.15, 0.2) is 5.78 Å². The molecule has 2 aromatic carbocycles. The summed E-state index contributed by atoms with van der Waals surface area (Å²) in [6.45, 7) is 0.290. The lowest BCUT2D eigenvalue weighted by molar-refractivity contribution is 0.0950. The maximum atomic E-state index is 12.6. The van der Waals surface area contributed by atoms with Crippen molar-refractivity contribution in [2.75, 3.05) is 0 Å². The molecule has 1 aromatic heterocycles. The molecule has 1 aliphatic rings. The minimum atomic E-state index is -0.249. The fraction of sp³-hybridized carbons (Fsp3) is 0.0455. The quantitative estimate of drug-likeness (QED) is 0.748. The van der Waals surface area contributed by atoms with Gasteiger partial charge >= 0.3 is 0 Å². The molecule has 0 bridgehead atoms. The zero-order valence-electron chi connectivity index (χ0n) is 14.3. The number of pyridine rings is 1. The van der Waals surface area contributed by atoms with E-state index >= 15 is 0 Å². The van der Waals surface area contributed by atoms with Crippen molar-refractivity contribution < 1.29 is 14.7 Å². The first-order chi connectivity index (χ1) is 13.1. The molecule has 0 atom stereocenters. The van der Waals surface area contributed by atoms with Crippen LogP contribution in [0.15, 0.2) is 72.9 Å². The van der Waals surface area contributed by atoms with Crippen molar-refractivity contribution in [3.63, 3.8) is 0 Å². The molecule has 2 N–H and O–H groups in total. The Morgan fingerprint density at radius 3 is 2.41 bits per heavy atom. The van der Waals surface area contributed by atoms with Crippen LogP contribution in [-0.2, 0) is 6.54 Å². The number of Topliss-reactive ketones (excluding diaryl/α,β-unsaturated/α-hetero) is 1. The average molecular weight is 356 g/mol. The molecule has 0 fully saturated rings. The number of nitrogens with zero attached hydrogens (tertiary/aromatic N) is 1. The van der Waals surface area contributed by atoms with Crippen LogP contribution in [0, 0.1) is 0 Å². The third-order valence-electron chi connectivity index (χ3n) is 4.46. The smallest absolute Gasteiger partial charge is 0.251 e. The van der Waals surface area contributed by atoms with Crippen molar-refractivity contribution in [3.05, 3.63) is 101 Å². The minimum absolute atomic E-state index is 0.0615. The van der Waals surface area contributed by atoms with E-state index in [-0.39, 0.29) is 23.0 Å². The van der Waals surface area contributed by atoms with Crippen molar-refractivity contribution in [1.29, 1.82) is 0 Å². The number of carbonyl (C=O) groups is 2. The third kappa shape index (κ3) is 3.11. The van der Waals surface area contributed by atoms with Crippen LogP contribution < -0.4 is 5.32 Å². The first-order valence-corrected chi connectivity index (χ1v) is 8.51. The molecule has 1 amide bonds. The number of nitrogens with one attached hydrogen (secondary N) is 1. The largest absolute Gasteiger partial charge is 0.506 e. The number of ketones is 1. The van der Waals surface area contributed by atoms with Gasteiger partial charge in [-0.15, -0.1) is 0 Å². The van der Waals surface area contributed by atoms with Gasteiger partial charge in [-0.25, -0.2) is 0 Å². The molecule has 0 saturated heterocycles. The zero-order chi connectivity index (χ0) is 18.8. The Kier molecular flexibility index (Phi) is 4.26. The highest BCUT2D eigenvalue weighted by Crippen LogP contribution is 2.35. The van der Waals surface area contributed by atoms with Gasteiger partial charge in [-0.2, -0.15) is 0 Å². The van der Waals surface area contributed by atoms with Gasteiger partial charge in [-0.3, -0.25) is 14.6 Å². The number of allylic oxidation sites excluding steroid dienone is 1. The van der Waals surface area contributed by atoms with E-state index in [1.165, 1.54) is 0 Å². The fourth-order valence-corrected chi connectivity index (χ4v) is 3.10. The molecule has 27 heavy (non-hydrogen) atoms. The number of aliphatic hydroxyl groups is 1. The molecular formula is C22H16N2O3. The van der Waals surface area contributed by atoms with E-state index in [2.05, 4.69) is 10.3 Å². The van der Waals surface area contributed by atoms with E-state index in [9.17, 15) is 14.7 Å². The number of aromatic nitrogens is 1. The summed E-state index contributed by atoms with van der Waals surface area (Å²) in [7, 11) is 0. The second-order valence-corrected chi connectivity index (χ2v) is 6.20. The molecule has 132 valence electrons. The Morgan fingerprint density at radius 1 is 0.963 bits per heavy atom. The number of aliphatic hydroxyl groups excluding tert-OH is 1. The Balaban J connectivity index is 1.56. The van der Waals surface area contributed by atoms with Crippen LogP contribution >= 0.6 is 0 Å². The molecule has 5 heteroatoms. The van der Waals surface area contributed by atoms with Crippen LogP contribution in [0.2, 0.25) is 0 Å². The summed E-state index contributed by atoms with van der Waals surface area (Å²) < 4.78 is 0. The van der Waals surface area contributed by atoms with Crippen molar-refractivity contribution in [2.24, 2.45) is 0 Å². The van der Waals surface area contributed by atoms with E-state index < -0.39 is 0 Å². The summed E-state index contributed by atoms with van der Waals surface area (Å²) in [5, 5.41) is 13.3. The predicted molar refractivity (Wildman–Crippen MR) is 102 cm³/mol. The molecule has 0 saturated carbocycles. The van der Waals surface area contributed by atoms with Crippen molar-refractivity contribution in [3.8, 4) is 0 Å².